The number of hydrogen-bond acceptors (Lipinski definition) is 8. The molecule has 6 aromatic rings. The van der Waals surface area contributed by atoms with E-state index < -0.39 is 26.0 Å². The maximum atomic E-state index is 12.9. The van der Waals surface area contributed by atoms with E-state index in [-0.39, 0.29) is 32.6 Å². The molecule has 0 saturated carbocycles. The Balaban J connectivity index is 1.24. The lowest BCUT2D eigenvalue weighted by Gasteiger charge is -2.09. The molecule has 3 heterocycles. The third-order valence-corrected chi connectivity index (χ3v) is 10.0. The van der Waals surface area contributed by atoms with Crippen molar-refractivity contribution in [1.82, 2.24) is 9.97 Å². The van der Waals surface area contributed by atoms with Crippen LogP contribution in [0.25, 0.3) is 22.3 Å². The van der Waals surface area contributed by atoms with E-state index in [9.17, 15) is 26.7 Å². The summed E-state index contributed by atoms with van der Waals surface area (Å²) in [5, 5.41) is 10.4. The molecule has 0 aliphatic carbocycles. The Morgan fingerprint density at radius 2 is 1.23 bits per heavy atom. The van der Waals surface area contributed by atoms with Gasteiger partial charge in [-0.1, -0.05) is 24.0 Å². The molecule has 48 heavy (non-hydrogen) atoms. The summed E-state index contributed by atoms with van der Waals surface area (Å²) in [6.45, 7) is 3.49. The van der Waals surface area contributed by atoms with Gasteiger partial charge in [0.15, 0.2) is 0 Å². The number of carbonyl (C=O) groups is 1. The van der Waals surface area contributed by atoms with Crippen LogP contribution in [0.3, 0.4) is 0 Å². The van der Waals surface area contributed by atoms with Crippen LogP contribution >= 0.6 is 0 Å². The van der Waals surface area contributed by atoms with E-state index in [2.05, 4.69) is 31.3 Å². The van der Waals surface area contributed by atoms with Crippen LogP contribution in [0.1, 0.15) is 32.6 Å². The van der Waals surface area contributed by atoms with Crippen molar-refractivity contribution in [2.24, 2.45) is 0 Å². The molecular weight excluding hydrogens is 653 g/mol. The zero-order chi connectivity index (χ0) is 34.1. The van der Waals surface area contributed by atoms with Gasteiger partial charge in [0.2, 0.25) is 0 Å². The van der Waals surface area contributed by atoms with Crippen LogP contribution in [0.5, 0.6) is 0 Å². The van der Waals surface area contributed by atoms with Gasteiger partial charge >= 0.3 is 5.97 Å². The van der Waals surface area contributed by atoms with Crippen molar-refractivity contribution in [1.29, 1.82) is 0 Å². The Morgan fingerprint density at radius 1 is 0.708 bits per heavy atom. The highest BCUT2D eigenvalue weighted by molar-refractivity contribution is 7.93. The second kappa shape index (κ2) is 12.7. The fourth-order valence-electron chi connectivity index (χ4n) is 4.74. The lowest BCUT2D eigenvalue weighted by molar-refractivity contribution is 0.0697. The van der Waals surface area contributed by atoms with Gasteiger partial charge in [0.1, 0.15) is 28.5 Å². The normalized spacial score (nSPS) is 11.5. The SMILES string of the molecule is Cc1cccnc1NS(=O)(=O)c1ccc(C#Cc2cc(C(=O)O)c3oc(-c4ccc(S(=O)(=O)Nc5ncccc5C)cc4)cc3c2)cc1. The minimum Gasteiger partial charge on any atom is -0.478 e. The first-order valence-electron chi connectivity index (χ1n) is 14.3. The number of nitrogens with one attached hydrogen (secondary N) is 2. The monoisotopic (exact) mass is 678 g/mol. The molecule has 0 fully saturated rings. The van der Waals surface area contributed by atoms with Gasteiger partial charge in [-0.3, -0.25) is 9.44 Å². The topological polar surface area (TPSA) is 169 Å². The number of aryl methyl sites for hydroxylation is 2. The maximum Gasteiger partial charge on any atom is 0.339 e. The Labute approximate surface area is 276 Å². The number of nitrogens with zero attached hydrogens (tertiary/aromatic N) is 2. The molecule has 0 spiro atoms. The predicted octanol–water partition coefficient (Wildman–Crippen LogP) is 6.21. The highest BCUT2D eigenvalue weighted by Gasteiger charge is 2.19. The summed E-state index contributed by atoms with van der Waals surface area (Å²) >= 11 is 0. The van der Waals surface area contributed by atoms with E-state index in [0.29, 0.717) is 39.0 Å². The first kappa shape index (κ1) is 32.0. The molecule has 3 N–H and O–H groups in total. The predicted molar refractivity (Wildman–Crippen MR) is 181 cm³/mol. The van der Waals surface area contributed by atoms with Crippen LogP contribution in [0, 0.1) is 25.7 Å². The summed E-state index contributed by atoms with van der Waals surface area (Å²) in [5.41, 5.74) is 2.83. The van der Waals surface area contributed by atoms with E-state index in [1.807, 2.05) is 0 Å². The van der Waals surface area contributed by atoms with Crippen molar-refractivity contribution in [2.45, 2.75) is 23.6 Å². The first-order valence-corrected chi connectivity index (χ1v) is 17.3. The Hall–Kier alpha value is -5.97. The van der Waals surface area contributed by atoms with Crippen molar-refractivity contribution in [3.63, 3.8) is 0 Å². The van der Waals surface area contributed by atoms with Gasteiger partial charge in [-0.05, 0) is 104 Å². The third-order valence-electron chi connectivity index (χ3n) is 7.29. The molecule has 3 aromatic carbocycles. The Morgan fingerprint density at radius 3 is 1.75 bits per heavy atom. The Bertz CT molecular complexity index is 2480. The van der Waals surface area contributed by atoms with Crippen molar-refractivity contribution in [2.75, 3.05) is 9.44 Å². The van der Waals surface area contributed by atoms with Crippen LogP contribution in [0.4, 0.5) is 11.6 Å². The number of carboxylic acids is 1. The van der Waals surface area contributed by atoms with Gasteiger partial charge in [0, 0.05) is 34.5 Å². The molecular formula is C35H26N4O7S2. The number of aromatic carboxylic acids is 1. The number of rotatable bonds is 8. The molecule has 0 aliphatic rings. The average Bonchev–Trinajstić information content (AvgIpc) is 3.50. The molecule has 0 saturated heterocycles. The molecule has 0 radical (unpaired) electrons. The second-order valence-electron chi connectivity index (χ2n) is 10.7. The van der Waals surface area contributed by atoms with Crippen LogP contribution in [0.15, 0.2) is 118 Å². The quantitative estimate of drug-likeness (QED) is 0.159. The van der Waals surface area contributed by atoms with Crippen LogP contribution in [-0.4, -0.2) is 37.9 Å². The smallest absolute Gasteiger partial charge is 0.339 e. The van der Waals surface area contributed by atoms with Gasteiger partial charge in [-0.2, -0.15) is 0 Å². The summed E-state index contributed by atoms with van der Waals surface area (Å²) in [6.07, 6.45) is 2.99. The summed E-state index contributed by atoms with van der Waals surface area (Å²) in [4.78, 5) is 20.3. The minimum absolute atomic E-state index is 0.0152. The van der Waals surface area contributed by atoms with Crippen LogP contribution < -0.4 is 9.44 Å². The highest BCUT2D eigenvalue weighted by atomic mass is 32.2. The van der Waals surface area contributed by atoms with Crippen molar-refractivity contribution < 1.29 is 31.2 Å². The lowest BCUT2D eigenvalue weighted by atomic mass is 10.1. The van der Waals surface area contributed by atoms with E-state index in [1.165, 1.54) is 42.7 Å². The summed E-state index contributed by atoms with van der Waals surface area (Å²) < 4.78 is 62.4. The van der Waals surface area contributed by atoms with Gasteiger partial charge < -0.3 is 9.52 Å². The van der Waals surface area contributed by atoms with Crippen molar-refractivity contribution in [3.8, 4) is 23.2 Å². The van der Waals surface area contributed by atoms with E-state index in [4.69, 9.17) is 4.42 Å². The molecule has 240 valence electrons. The first-order chi connectivity index (χ1) is 22.9. The van der Waals surface area contributed by atoms with Gasteiger partial charge in [-0.15, -0.1) is 0 Å². The number of pyridine rings is 2. The zero-order valence-corrected chi connectivity index (χ0v) is 27.1. The molecule has 0 bridgehead atoms. The number of anilines is 2. The minimum atomic E-state index is -3.91. The molecule has 0 atom stereocenters. The summed E-state index contributed by atoms with van der Waals surface area (Å²) in [6, 6.07) is 23.6. The molecule has 3 aromatic heterocycles. The number of sulfonamides is 2. The molecule has 0 aliphatic heterocycles. The highest BCUT2D eigenvalue weighted by Crippen LogP contribution is 2.32. The number of carboxylic acid groups (broad SMARTS) is 1. The van der Waals surface area contributed by atoms with Crippen molar-refractivity contribution in [3.05, 3.63) is 131 Å². The molecule has 0 amide bonds. The molecule has 0 unspecified atom stereocenters. The zero-order valence-electron chi connectivity index (χ0n) is 25.4. The number of hydrogen-bond donors (Lipinski definition) is 3. The van der Waals surface area contributed by atoms with Gasteiger partial charge in [-0.25, -0.2) is 31.6 Å². The number of fused-ring (bicyclic) bond motifs is 1. The number of aromatic nitrogens is 2. The van der Waals surface area contributed by atoms with Crippen molar-refractivity contribution >= 4 is 48.6 Å². The third kappa shape index (κ3) is 6.75. The van der Waals surface area contributed by atoms with Crippen LogP contribution in [-0.2, 0) is 20.0 Å². The lowest BCUT2D eigenvalue weighted by Crippen LogP contribution is -2.14. The number of benzene rings is 3. The second-order valence-corrected chi connectivity index (χ2v) is 14.1. The van der Waals surface area contributed by atoms with Gasteiger partial charge in [0.05, 0.1) is 9.79 Å². The summed E-state index contributed by atoms with van der Waals surface area (Å²) in [7, 11) is -7.78. The van der Waals surface area contributed by atoms with E-state index in [0.717, 1.165) is 0 Å². The molecule has 13 heteroatoms. The fourth-order valence-corrected chi connectivity index (χ4v) is 6.90. The largest absolute Gasteiger partial charge is 0.478 e. The average molecular weight is 679 g/mol. The fraction of sp³-hybridized carbons (Fsp3) is 0.0571. The molecule has 11 nitrogen and oxygen atoms in total. The number of furan rings is 1. The molecule has 6 rings (SSSR count). The standard InChI is InChI=1S/C35H26N4O7S2/c1-22-5-3-17-36-33(22)38-47(42,43)28-13-9-24(10-14-28)7-8-25-19-27-21-31(46-32(27)30(20-25)35(40)41)26-11-15-29(16-12-26)48(44,45)39-34-23(2)6-4-18-37-34/h3-6,9-21H,1-2H3,(H,36,38)(H,37,39)(H,40,41). The maximum absolute atomic E-state index is 12.9. The van der Waals surface area contributed by atoms with E-state index in [1.54, 1.807) is 74.5 Å². The van der Waals surface area contributed by atoms with Gasteiger partial charge in [0.25, 0.3) is 20.0 Å². The Kier molecular flexibility index (Phi) is 8.45. The van der Waals surface area contributed by atoms with E-state index >= 15 is 0 Å². The van der Waals surface area contributed by atoms with Crippen LogP contribution in [0.2, 0.25) is 0 Å². The summed E-state index contributed by atoms with van der Waals surface area (Å²) in [5.74, 6) is 5.47.